The molecule has 0 bridgehead atoms. The molecule has 2 N–H and O–H groups in total. The normalized spacial score (nSPS) is 9.72. The van der Waals surface area contributed by atoms with E-state index in [9.17, 15) is 9.59 Å². The molecule has 0 unspecified atom stereocenters. The van der Waals surface area contributed by atoms with Crippen LogP contribution in [0.3, 0.4) is 0 Å². The van der Waals surface area contributed by atoms with Crippen molar-refractivity contribution in [2.24, 2.45) is 0 Å². The molecule has 0 heterocycles. The molecule has 1 rings (SSSR count). The van der Waals surface area contributed by atoms with Crippen LogP contribution < -0.4 is 10.6 Å². The number of anilines is 1. The number of nitrogens with zero attached hydrogens (tertiary/aromatic N) is 1. The summed E-state index contributed by atoms with van der Waals surface area (Å²) in [5.74, 6) is -0.0868. The minimum absolute atomic E-state index is 0.00259. The lowest BCUT2D eigenvalue weighted by atomic mass is 10.2. The van der Waals surface area contributed by atoms with Crippen molar-refractivity contribution in [3.05, 3.63) is 29.8 Å². The fourth-order valence-corrected chi connectivity index (χ4v) is 1.34. The lowest BCUT2D eigenvalue weighted by Gasteiger charge is -2.12. The first-order valence-corrected chi connectivity index (χ1v) is 5.87. The standard InChI is InChI=1S/C13H19N3O2/c1-4-14-13(18)10-5-7-11(8-6-10)15-9-12(17)16(2)3/h5-8,15H,4,9H2,1-3H3,(H,14,18). The minimum Gasteiger partial charge on any atom is -0.376 e. The quantitative estimate of drug-likeness (QED) is 0.816. The molecular weight excluding hydrogens is 230 g/mol. The van der Waals surface area contributed by atoms with Crippen molar-refractivity contribution in [1.82, 2.24) is 10.2 Å². The zero-order chi connectivity index (χ0) is 13.5. The molecule has 98 valence electrons. The van der Waals surface area contributed by atoms with Gasteiger partial charge in [0, 0.05) is 31.9 Å². The maximum absolute atomic E-state index is 11.5. The highest BCUT2D eigenvalue weighted by atomic mass is 16.2. The van der Waals surface area contributed by atoms with Crippen molar-refractivity contribution in [3.8, 4) is 0 Å². The van der Waals surface area contributed by atoms with E-state index in [0.717, 1.165) is 5.69 Å². The fourth-order valence-electron chi connectivity index (χ4n) is 1.34. The summed E-state index contributed by atoms with van der Waals surface area (Å²) < 4.78 is 0. The fraction of sp³-hybridized carbons (Fsp3) is 0.385. The summed E-state index contributed by atoms with van der Waals surface area (Å²) >= 11 is 0. The molecular formula is C13H19N3O2. The molecule has 2 amide bonds. The van der Waals surface area contributed by atoms with E-state index in [2.05, 4.69) is 10.6 Å². The predicted octanol–water partition coefficient (Wildman–Crippen LogP) is 0.936. The first-order chi connectivity index (χ1) is 8.54. The third kappa shape index (κ3) is 4.08. The molecule has 0 spiro atoms. The smallest absolute Gasteiger partial charge is 0.251 e. The molecule has 18 heavy (non-hydrogen) atoms. The number of benzene rings is 1. The van der Waals surface area contributed by atoms with Gasteiger partial charge in [-0.3, -0.25) is 9.59 Å². The highest BCUT2D eigenvalue weighted by molar-refractivity contribution is 5.94. The minimum atomic E-state index is -0.0894. The van der Waals surface area contributed by atoms with Gasteiger partial charge in [-0.2, -0.15) is 0 Å². The molecule has 0 saturated heterocycles. The SMILES string of the molecule is CCNC(=O)c1ccc(NCC(=O)N(C)C)cc1. The van der Waals surface area contributed by atoms with E-state index < -0.39 is 0 Å². The molecule has 0 aromatic heterocycles. The van der Waals surface area contributed by atoms with Crippen molar-refractivity contribution in [1.29, 1.82) is 0 Å². The molecule has 0 fully saturated rings. The Labute approximate surface area is 107 Å². The number of carbonyl (C=O) groups excluding carboxylic acids is 2. The van der Waals surface area contributed by atoms with E-state index in [1.807, 2.05) is 6.92 Å². The number of hydrogen-bond donors (Lipinski definition) is 2. The number of carbonyl (C=O) groups is 2. The lowest BCUT2D eigenvalue weighted by molar-refractivity contribution is -0.126. The molecule has 5 heteroatoms. The molecule has 0 radical (unpaired) electrons. The third-order valence-corrected chi connectivity index (χ3v) is 2.43. The van der Waals surface area contributed by atoms with Crippen LogP contribution in [0.2, 0.25) is 0 Å². The van der Waals surface area contributed by atoms with Crippen LogP contribution in [0.25, 0.3) is 0 Å². The topological polar surface area (TPSA) is 61.4 Å². The third-order valence-electron chi connectivity index (χ3n) is 2.43. The Bertz CT molecular complexity index is 413. The predicted molar refractivity (Wildman–Crippen MR) is 71.6 cm³/mol. The van der Waals surface area contributed by atoms with Crippen LogP contribution >= 0.6 is 0 Å². The Kier molecular flexibility index (Phi) is 5.17. The van der Waals surface area contributed by atoms with Gasteiger partial charge in [0.05, 0.1) is 6.54 Å². The van der Waals surface area contributed by atoms with E-state index in [-0.39, 0.29) is 18.4 Å². The van der Waals surface area contributed by atoms with Crippen LogP contribution in [0.5, 0.6) is 0 Å². The summed E-state index contributed by atoms with van der Waals surface area (Å²) in [6.07, 6.45) is 0. The van der Waals surface area contributed by atoms with Crippen LogP contribution in [0.15, 0.2) is 24.3 Å². The van der Waals surface area contributed by atoms with E-state index in [1.54, 1.807) is 38.4 Å². The first-order valence-electron chi connectivity index (χ1n) is 5.87. The largest absolute Gasteiger partial charge is 0.376 e. The van der Waals surface area contributed by atoms with E-state index in [4.69, 9.17) is 0 Å². The summed E-state index contributed by atoms with van der Waals surface area (Å²) in [5.41, 5.74) is 1.43. The zero-order valence-electron chi connectivity index (χ0n) is 11.0. The lowest BCUT2D eigenvalue weighted by Crippen LogP contribution is -2.28. The molecule has 0 saturated carbocycles. The summed E-state index contributed by atoms with van der Waals surface area (Å²) in [5, 5.41) is 5.73. The van der Waals surface area contributed by atoms with Gasteiger partial charge in [-0.15, -0.1) is 0 Å². The van der Waals surface area contributed by atoms with Crippen LogP contribution in [0.4, 0.5) is 5.69 Å². The molecule has 0 aliphatic rings. The van der Waals surface area contributed by atoms with Gasteiger partial charge in [-0.05, 0) is 31.2 Å². The number of likely N-dealkylation sites (N-methyl/N-ethyl adjacent to an activating group) is 1. The molecule has 5 nitrogen and oxygen atoms in total. The summed E-state index contributed by atoms with van der Waals surface area (Å²) in [4.78, 5) is 24.4. The Morgan fingerprint density at radius 1 is 1.17 bits per heavy atom. The number of hydrogen-bond acceptors (Lipinski definition) is 3. The maximum atomic E-state index is 11.5. The van der Waals surface area contributed by atoms with Crippen molar-refractivity contribution < 1.29 is 9.59 Å². The molecule has 0 aliphatic carbocycles. The Morgan fingerprint density at radius 3 is 2.28 bits per heavy atom. The number of amides is 2. The summed E-state index contributed by atoms with van der Waals surface area (Å²) in [7, 11) is 3.42. The maximum Gasteiger partial charge on any atom is 0.251 e. The number of nitrogens with one attached hydrogen (secondary N) is 2. The average Bonchev–Trinajstić information content (AvgIpc) is 2.36. The second-order valence-corrected chi connectivity index (χ2v) is 4.08. The highest BCUT2D eigenvalue weighted by Crippen LogP contribution is 2.09. The van der Waals surface area contributed by atoms with Crippen LogP contribution in [-0.4, -0.2) is 43.9 Å². The van der Waals surface area contributed by atoms with Crippen molar-refractivity contribution >= 4 is 17.5 Å². The van der Waals surface area contributed by atoms with Crippen LogP contribution in [0, 0.1) is 0 Å². The Hall–Kier alpha value is -2.04. The summed E-state index contributed by atoms with van der Waals surface area (Å²) in [6, 6.07) is 7.03. The second kappa shape index (κ2) is 6.64. The second-order valence-electron chi connectivity index (χ2n) is 4.08. The monoisotopic (exact) mass is 249 g/mol. The number of rotatable bonds is 5. The van der Waals surface area contributed by atoms with E-state index in [1.165, 1.54) is 4.90 Å². The highest BCUT2D eigenvalue weighted by Gasteiger charge is 2.05. The van der Waals surface area contributed by atoms with Gasteiger partial charge in [-0.25, -0.2) is 0 Å². The van der Waals surface area contributed by atoms with Gasteiger partial charge < -0.3 is 15.5 Å². The van der Waals surface area contributed by atoms with Gasteiger partial charge >= 0.3 is 0 Å². The molecule has 1 aromatic carbocycles. The Morgan fingerprint density at radius 2 is 1.78 bits per heavy atom. The van der Waals surface area contributed by atoms with Gasteiger partial charge in [0.2, 0.25) is 5.91 Å². The van der Waals surface area contributed by atoms with Crippen molar-refractivity contribution in [2.45, 2.75) is 6.92 Å². The Balaban J connectivity index is 2.55. The zero-order valence-corrected chi connectivity index (χ0v) is 11.0. The van der Waals surface area contributed by atoms with Gasteiger partial charge in [0.15, 0.2) is 0 Å². The van der Waals surface area contributed by atoms with Crippen molar-refractivity contribution in [2.75, 3.05) is 32.5 Å². The van der Waals surface area contributed by atoms with Crippen LogP contribution in [-0.2, 0) is 4.79 Å². The van der Waals surface area contributed by atoms with Crippen LogP contribution in [0.1, 0.15) is 17.3 Å². The molecule has 0 aliphatic heterocycles. The summed E-state index contributed by atoms with van der Waals surface area (Å²) in [6.45, 7) is 2.73. The van der Waals surface area contributed by atoms with E-state index >= 15 is 0 Å². The van der Waals surface area contributed by atoms with Gasteiger partial charge in [0.25, 0.3) is 5.91 Å². The molecule has 1 aromatic rings. The molecule has 0 atom stereocenters. The average molecular weight is 249 g/mol. The van der Waals surface area contributed by atoms with E-state index in [0.29, 0.717) is 12.1 Å². The van der Waals surface area contributed by atoms with Gasteiger partial charge in [-0.1, -0.05) is 0 Å². The first kappa shape index (κ1) is 14.0. The van der Waals surface area contributed by atoms with Crippen molar-refractivity contribution in [3.63, 3.8) is 0 Å². The van der Waals surface area contributed by atoms with Gasteiger partial charge in [0.1, 0.15) is 0 Å².